The lowest BCUT2D eigenvalue weighted by Crippen LogP contribution is -2.03. The number of nitrogen functional groups attached to an aromatic ring is 1. The predicted molar refractivity (Wildman–Crippen MR) is 47.2 cm³/mol. The van der Waals surface area contributed by atoms with Crippen LogP contribution in [-0.4, -0.2) is 9.91 Å². The van der Waals surface area contributed by atoms with Crippen molar-refractivity contribution in [2.24, 2.45) is 0 Å². The summed E-state index contributed by atoms with van der Waals surface area (Å²) in [6, 6.07) is 0. The van der Waals surface area contributed by atoms with Crippen molar-refractivity contribution < 1.29 is 9.31 Å². The van der Waals surface area contributed by atoms with Gasteiger partial charge in [0.2, 0.25) is 0 Å². The molecule has 0 aromatic carbocycles. The Hall–Kier alpha value is -1.72. The van der Waals surface area contributed by atoms with Gasteiger partial charge in [-0.05, 0) is 12.8 Å². The molecule has 1 aromatic heterocycles. The van der Waals surface area contributed by atoms with Crippen molar-refractivity contribution in [3.05, 3.63) is 27.8 Å². The summed E-state index contributed by atoms with van der Waals surface area (Å²) >= 11 is 0. The van der Waals surface area contributed by atoms with Gasteiger partial charge in [0.1, 0.15) is 6.20 Å². The van der Waals surface area contributed by atoms with Crippen molar-refractivity contribution in [3.63, 3.8) is 0 Å². The van der Waals surface area contributed by atoms with Crippen LogP contribution in [0.2, 0.25) is 0 Å². The van der Waals surface area contributed by atoms with Crippen LogP contribution < -0.4 is 5.73 Å². The Bertz CT molecular complexity index is 404. The van der Waals surface area contributed by atoms with Crippen LogP contribution in [0, 0.1) is 15.9 Å². The van der Waals surface area contributed by atoms with Gasteiger partial charge in [0.05, 0.1) is 10.6 Å². The molecule has 1 heterocycles. The molecule has 1 aromatic rings. The minimum atomic E-state index is -0.735. The number of anilines is 1. The molecule has 2 N–H and O–H groups in total. The Morgan fingerprint density at radius 2 is 2.29 bits per heavy atom. The van der Waals surface area contributed by atoms with Crippen molar-refractivity contribution in [3.8, 4) is 0 Å². The zero-order chi connectivity index (χ0) is 10.3. The van der Waals surface area contributed by atoms with Gasteiger partial charge in [0.15, 0.2) is 11.5 Å². The molecule has 1 saturated carbocycles. The Morgan fingerprint density at radius 1 is 1.64 bits per heavy atom. The molecule has 1 fully saturated rings. The highest BCUT2D eigenvalue weighted by atomic mass is 19.1. The van der Waals surface area contributed by atoms with Gasteiger partial charge < -0.3 is 5.73 Å². The van der Waals surface area contributed by atoms with Crippen LogP contribution in [0.15, 0.2) is 6.20 Å². The first-order chi connectivity index (χ1) is 6.61. The van der Waals surface area contributed by atoms with Crippen LogP contribution in [0.25, 0.3) is 0 Å². The second kappa shape index (κ2) is 2.90. The van der Waals surface area contributed by atoms with Crippen molar-refractivity contribution in [2.75, 3.05) is 5.73 Å². The molecule has 1 aliphatic rings. The first-order valence-corrected chi connectivity index (χ1v) is 4.19. The number of pyridine rings is 1. The summed E-state index contributed by atoms with van der Waals surface area (Å²) in [6.45, 7) is 0. The normalized spacial score (nSPS) is 15.5. The molecule has 0 amide bonds. The van der Waals surface area contributed by atoms with Crippen molar-refractivity contribution in [1.29, 1.82) is 0 Å². The summed E-state index contributed by atoms with van der Waals surface area (Å²) in [7, 11) is 0. The second-order valence-corrected chi connectivity index (χ2v) is 3.29. The van der Waals surface area contributed by atoms with Crippen LogP contribution in [0.5, 0.6) is 0 Å². The van der Waals surface area contributed by atoms with E-state index in [-0.39, 0.29) is 11.6 Å². The lowest BCUT2D eigenvalue weighted by Gasteiger charge is -2.02. The van der Waals surface area contributed by atoms with Gasteiger partial charge in [-0.2, -0.15) is 0 Å². The minimum Gasteiger partial charge on any atom is -0.391 e. The molecule has 14 heavy (non-hydrogen) atoms. The predicted octanol–water partition coefficient (Wildman–Crippen LogP) is 1.59. The summed E-state index contributed by atoms with van der Waals surface area (Å²) in [6.07, 6.45) is 2.77. The topological polar surface area (TPSA) is 82.0 Å². The molecule has 0 atom stereocenters. The molecule has 0 aliphatic heterocycles. The Kier molecular flexibility index (Phi) is 1.83. The van der Waals surface area contributed by atoms with Gasteiger partial charge in [-0.25, -0.2) is 4.39 Å². The number of halogens is 1. The second-order valence-electron chi connectivity index (χ2n) is 3.29. The zero-order valence-corrected chi connectivity index (χ0v) is 7.24. The summed E-state index contributed by atoms with van der Waals surface area (Å²) in [5, 5.41) is 10.4. The van der Waals surface area contributed by atoms with E-state index in [1.807, 2.05) is 0 Å². The van der Waals surface area contributed by atoms with Gasteiger partial charge in [0.25, 0.3) is 0 Å². The van der Waals surface area contributed by atoms with Gasteiger partial charge >= 0.3 is 5.69 Å². The monoisotopic (exact) mass is 197 g/mol. The van der Waals surface area contributed by atoms with Crippen LogP contribution in [0.4, 0.5) is 15.8 Å². The van der Waals surface area contributed by atoms with E-state index in [0.29, 0.717) is 0 Å². The fraction of sp³-hybridized carbons (Fsp3) is 0.375. The maximum atomic E-state index is 13.4. The largest absolute Gasteiger partial charge is 0.391 e. The SMILES string of the molecule is Nc1c([N+](=O)[O-])cnc(C2CC2)c1F. The third-order valence-corrected chi connectivity index (χ3v) is 2.22. The average Bonchev–Trinajstić information content (AvgIpc) is 2.92. The molecule has 0 saturated heterocycles. The number of hydrogen-bond acceptors (Lipinski definition) is 4. The van der Waals surface area contributed by atoms with E-state index < -0.39 is 22.1 Å². The van der Waals surface area contributed by atoms with Gasteiger partial charge in [0, 0.05) is 5.92 Å². The lowest BCUT2D eigenvalue weighted by atomic mass is 10.2. The number of aromatic nitrogens is 1. The van der Waals surface area contributed by atoms with Gasteiger partial charge in [-0.1, -0.05) is 0 Å². The van der Waals surface area contributed by atoms with E-state index in [9.17, 15) is 14.5 Å². The summed E-state index contributed by atoms with van der Waals surface area (Å²) in [5.41, 5.74) is 4.67. The molecule has 0 radical (unpaired) electrons. The van der Waals surface area contributed by atoms with Crippen LogP contribution in [-0.2, 0) is 0 Å². The summed E-state index contributed by atoms with van der Waals surface area (Å²) in [4.78, 5) is 13.4. The quantitative estimate of drug-likeness (QED) is 0.576. The van der Waals surface area contributed by atoms with E-state index in [4.69, 9.17) is 5.73 Å². The maximum Gasteiger partial charge on any atom is 0.313 e. The molecule has 0 spiro atoms. The molecule has 6 heteroatoms. The van der Waals surface area contributed by atoms with Crippen molar-refractivity contribution >= 4 is 11.4 Å². The Balaban J connectivity index is 2.50. The molecule has 0 unspecified atom stereocenters. The molecule has 5 nitrogen and oxygen atoms in total. The first-order valence-electron chi connectivity index (χ1n) is 4.19. The van der Waals surface area contributed by atoms with Crippen LogP contribution in [0.1, 0.15) is 24.5 Å². The van der Waals surface area contributed by atoms with Crippen molar-refractivity contribution in [1.82, 2.24) is 4.98 Å². The zero-order valence-electron chi connectivity index (χ0n) is 7.24. The van der Waals surface area contributed by atoms with Gasteiger partial charge in [-0.3, -0.25) is 15.1 Å². The van der Waals surface area contributed by atoms with Crippen molar-refractivity contribution in [2.45, 2.75) is 18.8 Å². The van der Waals surface area contributed by atoms with Crippen LogP contribution >= 0.6 is 0 Å². The lowest BCUT2D eigenvalue weighted by molar-refractivity contribution is -0.384. The number of rotatable bonds is 2. The van der Waals surface area contributed by atoms with E-state index in [1.165, 1.54) is 0 Å². The van der Waals surface area contributed by atoms with E-state index in [2.05, 4.69) is 4.98 Å². The van der Waals surface area contributed by atoms with E-state index >= 15 is 0 Å². The Morgan fingerprint density at radius 3 is 2.79 bits per heavy atom. The summed E-state index contributed by atoms with van der Waals surface area (Å²) < 4.78 is 13.4. The molecule has 74 valence electrons. The highest BCUT2D eigenvalue weighted by Gasteiger charge is 2.31. The average molecular weight is 197 g/mol. The summed E-state index contributed by atoms with van der Waals surface area (Å²) in [5.74, 6) is -0.639. The fourth-order valence-electron chi connectivity index (χ4n) is 1.29. The Labute approximate surface area is 78.9 Å². The van der Waals surface area contributed by atoms with Crippen LogP contribution in [0.3, 0.4) is 0 Å². The minimum absolute atomic E-state index is 0.0955. The number of hydrogen-bond donors (Lipinski definition) is 1. The number of nitrogens with two attached hydrogens (primary N) is 1. The third kappa shape index (κ3) is 1.28. The smallest absolute Gasteiger partial charge is 0.313 e. The number of nitrogens with zero attached hydrogens (tertiary/aromatic N) is 2. The highest BCUT2D eigenvalue weighted by Crippen LogP contribution is 2.42. The highest BCUT2D eigenvalue weighted by molar-refractivity contribution is 5.58. The van der Waals surface area contributed by atoms with E-state index in [1.54, 1.807) is 0 Å². The molecule has 0 bridgehead atoms. The number of nitro groups is 1. The third-order valence-electron chi connectivity index (χ3n) is 2.22. The molecule has 2 rings (SSSR count). The molecule has 1 aliphatic carbocycles. The van der Waals surface area contributed by atoms with Gasteiger partial charge in [-0.15, -0.1) is 0 Å². The van der Waals surface area contributed by atoms with E-state index in [0.717, 1.165) is 19.0 Å². The molecular weight excluding hydrogens is 189 g/mol. The molecular formula is C8H8FN3O2. The maximum absolute atomic E-state index is 13.4. The fourth-order valence-corrected chi connectivity index (χ4v) is 1.29. The first kappa shape index (κ1) is 8.86. The standard InChI is InChI=1S/C8H8FN3O2/c9-6-7(10)5(12(13)14)3-11-8(6)4-1-2-4/h3-4H,1-2H2,(H2,10,11).